The molecule has 0 saturated carbocycles. The van der Waals surface area contributed by atoms with E-state index in [2.05, 4.69) is 64.6 Å². The molecule has 0 spiro atoms. The van der Waals surface area contributed by atoms with Crippen LogP contribution in [0.25, 0.3) is 11.2 Å². The number of nitrogens with zero attached hydrogens (tertiary/aromatic N) is 6. The molecular formula is C29H40N8O3S. The van der Waals surface area contributed by atoms with Crippen molar-refractivity contribution in [1.29, 1.82) is 0 Å². The Morgan fingerprint density at radius 1 is 1.05 bits per heavy atom. The van der Waals surface area contributed by atoms with Crippen molar-refractivity contribution < 1.29 is 13.7 Å². The number of hydrogen-bond acceptors (Lipinski definition) is 10. The average Bonchev–Trinajstić information content (AvgIpc) is 2.96. The highest BCUT2D eigenvalue weighted by molar-refractivity contribution is 7.95. The van der Waals surface area contributed by atoms with Crippen molar-refractivity contribution in [2.24, 2.45) is 5.92 Å². The zero-order valence-electron chi connectivity index (χ0n) is 24.1. The summed E-state index contributed by atoms with van der Waals surface area (Å²) < 4.78 is 11.2. The SMILES string of the molecule is CC(C)(C)NC(=O)Nc1cnc2cnc(OSc3ccc(N4CCC(CCCN5CCOCC5)CC4)cc3)nc2n1. The van der Waals surface area contributed by atoms with Crippen LogP contribution < -0.4 is 19.7 Å². The van der Waals surface area contributed by atoms with Crippen LogP contribution in [0.5, 0.6) is 6.01 Å². The van der Waals surface area contributed by atoms with Gasteiger partial charge in [-0.15, -0.1) is 0 Å². The van der Waals surface area contributed by atoms with Gasteiger partial charge < -0.3 is 19.1 Å². The molecule has 11 nitrogen and oxygen atoms in total. The summed E-state index contributed by atoms with van der Waals surface area (Å²) >= 11 is 1.20. The van der Waals surface area contributed by atoms with Crippen molar-refractivity contribution in [2.45, 2.75) is 56.9 Å². The van der Waals surface area contributed by atoms with Gasteiger partial charge in [0.2, 0.25) is 0 Å². The minimum absolute atomic E-state index is 0.174. The zero-order chi connectivity index (χ0) is 28.7. The Kier molecular flexibility index (Phi) is 9.73. The Morgan fingerprint density at radius 2 is 1.80 bits per heavy atom. The number of urea groups is 1. The number of anilines is 2. The van der Waals surface area contributed by atoms with Gasteiger partial charge in [0.15, 0.2) is 11.5 Å². The average molecular weight is 581 g/mol. The topological polar surface area (TPSA) is 118 Å². The summed E-state index contributed by atoms with van der Waals surface area (Å²) in [5, 5.41) is 5.51. The van der Waals surface area contributed by atoms with Crippen LogP contribution in [0.2, 0.25) is 0 Å². The van der Waals surface area contributed by atoms with E-state index < -0.39 is 0 Å². The third-order valence-electron chi connectivity index (χ3n) is 7.23. The van der Waals surface area contributed by atoms with Gasteiger partial charge in [0.25, 0.3) is 0 Å². The Morgan fingerprint density at radius 3 is 2.54 bits per heavy atom. The number of hydrogen-bond donors (Lipinski definition) is 2. The molecule has 2 N–H and O–H groups in total. The summed E-state index contributed by atoms with van der Waals surface area (Å²) in [6, 6.07) is 8.23. The molecule has 0 radical (unpaired) electrons. The fourth-order valence-corrected chi connectivity index (χ4v) is 5.59. The molecule has 2 aromatic heterocycles. The maximum atomic E-state index is 12.2. The van der Waals surface area contributed by atoms with Crippen LogP contribution in [0.1, 0.15) is 46.5 Å². The summed E-state index contributed by atoms with van der Waals surface area (Å²) in [5.74, 6) is 1.12. The molecule has 2 saturated heterocycles. The minimum Gasteiger partial charge on any atom is -0.384 e. The predicted molar refractivity (Wildman–Crippen MR) is 161 cm³/mol. The summed E-state index contributed by atoms with van der Waals surface area (Å²) in [4.78, 5) is 35.4. The summed E-state index contributed by atoms with van der Waals surface area (Å²) in [5.41, 5.74) is 1.72. The third-order valence-corrected chi connectivity index (χ3v) is 7.93. The monoisotopic (exact) mass is 580 g/mol. The normalized spacial score (nSPS) is 17.0. The Balaban J connectivity index is 1.07. The molecule has 2 fully saturated rings. The van der Waals surface area contributed by atoms with Gasteiger partial charge in [-0.2, -0.15) is 4.98 Å². The molecule has 5 rings (SSSR count). The summed E-state index contributed by atoms with van der Waals surface area (Å²) in [6.07, 6.45) is 8.15. The van der Waals surface area contributed by atoms with Crippen molar-refractivity contribution in [3.63, 3.8) is 0 Å². The van der Waals surface area contributed by atoms with Crippen LogP contribution in [0.3, 0.4) is 0 Å². The molecule has 41 heavy (non-hydrogen) atoms. The smallest absolute Gasteiger partial charge is 0.331 e. The predicted octanol–water partition coefficient (Wildman–Crippen LogP) is 4.75. The quantitative estimate of drug-likeness (QED) is 0.343. The van der Waals surface area contributed by atoms with Gasteiger partial charge >= 0.3 is 12.0 Å². The molecule has 1 aromatic carbocycles. The molecule has 3 aromatic rings. The van der Waals surface area contributed by atoms with Crippen molar-refractivity contribution in [1.82, 2.24) is 30.2 Å². The first-order chi connectivity index (χ1) is 19.8. The van der Waals surface area contributed by atoms with Crippen molar-refractivity contribution >= 4 is 40.7 Å². The largest absolute Gasteiger partial charge is 0.384 e. The molecular weight excluding hydrogens is 540 g/mol. The van der Waals surface area contributed by atoms with Crippen molar-refractivity contribution in [3.05, 3.63) is 36.7 Å². The fourth-order valence-electron chi connectivity index (χ4n) is 5.09. The van der Waals surface area contributed by atoms with Gasteiger partial charge in [0.1, 0.15) is 5.52 Å². The van der Waals surface area contributed by atoms with E-state index in [1.54, 1.807) is 6.20 Å². The lowest BCUT2D eigenvalue weighted by atomic mass is 9.92. The highest BCUT2D eigenvalue weighted by Gasteiger charge is 2.20. The number of ether oxygens (including phenoxy) is 1. The number of aromatic nitrogens is 4. The first kappa shape index (κ1) is 29.3. The lowest BCUT2D eigenvalue weighted by molar-refractivity contribution is 0.0365. The molecule has 2 amide bonds. The van der Waals surface area contributed by atoms with Crippen LogP contribution in [0.15, 0.2) is 41.6 Å². The second-order valence-electron chi connectivity index (χ2n) is 11.6. The van der Waals surface area contributed by atoms with Crippen LogP contribution in [0, 0.1) is 5.92 Å². The molecule has 2 aliphatic heterocycles. The van der Waals surface area contributed by atoms with Crippen LogP contribution >= 0.6 is 12.0 Å². The Hall–Kier alpha value is -3.22. The maximum absolute atomic E-state index is 12.2. The minimum atomic E-state index is -0.368. The van der Waals surface area contributed by atoms with Crippen LogP contribution in [-0.4, -0.2) is 82.3 Å². The number of morpholine rings is 1. The number of benzene rings is 1. The fraction of sp³-hybridized carbons (Fsp3) is 0.552. The van der Waals surface area contributed by atoms with E-state index in [9.17, 15) is 4.79 Å². The highest BCUT2D eigenvalue weighted by Crippen LogP contribution is 2.29. The van der Waals surface area contributed by atoms with Gasteiger partial charge in [0.05, 0.1) is 37.7 Å². The van der Waals surface area contributed by atoms with E-state index in [0.29, 0.717) is 17.0 Å². The van der Waals surface area contributed by atoms with E-state index in [1.165, 1.54) is 56.2 Å². The number of carbonyl (C=O) groups excluding carboxylic acids is 1. The van der Waals surface area contributed by atoms with Gasteiger partial charge in [-0.05, 0) is 83.2 Å². The molecule has 0 aliphatic carbocycles. The molecule has 4 heterocycles. The number of piperidine rings is 1. The molecule has 0 bridgehead atoms. The highest BCUT2D eigenvalue weighted by atomic mass is 32.2. The van der Waals surface area contributed by atoms with Crippen molar-refractivity contribution in [2.75, 3.05) is 56.2 Å². The molecule has 0 unspecified atom stereocenters. The van der Waals surface area contributed by atoms with E-state index in [0.717, 1.165) is 50.2 Å². The molecule has 0 atom stereocenters. The Bertz CT molecular complexity index is 1290. The van der Waals surface area contributed by atoms with E-state index in [-0.39, 0.29) is 17.6 Å². The molecule has 2 aliphatic rings. The first-order valence-electron chi connectivity index (χ1n) is 14.4. The standard InChI is InChI=1S/C29H40N8O3S/c1-29(2,3)35-27(38)33-25-20-30-24-19-31-28(34-26(24)32-25)40-41-23-8-6-22(7-9-23)37-13-10-21(11-14-37)5-4-12-36-15-17-39-18-16-36/h6-9,19-21H,4-5,10-18H2,1-3H3,(H2,31,32,33,34,35,38). The van der Waals surface area contributed by atoms with Gasteiger partial charge in [-0.1, -0.05) is 0 Å². The zero-order valence-corrected chi connectivity index (χ0v) is 25.0. The number of nitrogens with one attached hydrogen (secondary N) is 2. The van der Waals surface area contributed by atoms with Crippen LogP contribution in [0.4, 0.5) is 16.3 Å². The van der Waals surface area contributed by atoms with Crippen molar-refractivity contribution in [3.8, 4) is 6.01 Å². The third kappa shape index (κ3) is 8.88. The summed E-state index contributed by atoms with van der Waals surface area (Å²) in [7, 11) is 0. The second kappa shape index (κ2) is 13.6. The van der Waals surface area contributed by atoms with Gasteiger partial charge in [0, 0.05) is 42.3 Å². The molecule has 220 valence electrons. The summed E-state index contributed by atoms with van der Waals surface area (Å²) in [6.45, 7) is 13.0. The van der Waals surface area contributed by atoms with Gasteiger partial charge in [-0.25, -0.2) is 19.7 Å². The maximum Gasteiger partial charge on any atom is 0.331 e. The lowest BCUT2D eigenvalue weighted by Crippen LogP contribution is -2.43. The van der Waals surface area contributed by atoms with E-state index in [1.807, 2.05) is 20.8 Å². The first-order valence-corrected chi connectivity index (χ1v) is 15.1. The lowest BCUT2D eigenvalue weighted by Gasteiger charge is -2.34. The number of carbonyl (C=O) groups is 1. The number of amides is 2. The Labute approximate surface area is 246 Å². The second-order valence-corrected chi connectivity index (χ2v) is 12.4. The van der Waals surface area contributed by atoms with E-state index in [4.69, 9.17) is 8.92 Å². The van der Waals surface area contributed by atoms with Gasteiger partial charge in [-0.3, -0.25) is 10.2 Å². The molecule has 12 heteroatoms. The number of fused-ring (bicyclic) bond motifs is 1. The van der Waals surface area contributed by atoms with Crippen LogP contribution in [-0.2, 0) is 4.74 Å². The van der Waals surface area contributed by atoms with E-state index >= 15 is 0 Å². The number of rotatable bonds is 9.